The van der Waals surface area contributed by atoms with Crippen LogP contribution in [0.4, 0.5) is 13.2 Å². The largest absolute Gasteiger partial charge is 0.471 e. The second-order valence-corrected chi connectivity index (χ2v) is 6.00. The number of rotatable bonds is 7. The fourth-order valence-corrected chi connectivity index (χ4v) is 2.74. The van der Waals surface area contributed by atoms with E-state index in [1.54, 1.807) is 12.4 Å². The summed E-state index contributed by atoms with van der Waals surface area (Å²) in [6, 6.07) is 5.69. The first-order chi connectivity index (χ1) is 12.9. The lowest BCUT2D eigenvalue weighted by Gasteiger charge is -2.18. The second kappa shape index (κ2) is 7.91. The van der Waals surface area contributed by atoms with Crippen LogP contribution in [0.1, 0.15) is 31.1 Å². The number of aromatic nitrogens is 4. The predicted octanol–water partition coefficient (Wildman–Crippen LogP) is 3.95. The van der Waals surface area contributed by atoms with Gasteiger partial charge in [-0.1, -0.05) is 31.1 Å². The van der Waals surface area contributed by atoms with Crippen molar-refractivity contribution in [3.63, 3.8) is 0 Å². The van der Waals surface area contributed by atoms with Crippen molar-refractivity contribution in [2.75, 3.05) is 19.6 Å². The van der Waals surface area contributed by atoms with Gasteiger partial charge in [0.15, 0.2) is 5.82 Å². The number of halogens is 3. The number of benzene rings is 1. The molecule has 9 heteroatoms. The molecule has 2 heterocycles. The number of hydrogen-bond donors (Lipinski definition) is 0. The molecule has 0 fully saturated rings. The molecule has 0 amide bonds. The molecule has 0 aliphatic carbocycles. The zero-order valence-corrected chi connectivity index (χ0v) is 15.1. The normalized spacial score (nSPS) is 12.7. The Morgan fingerprint density at radius 1 is 1.19 bits per heavy atom. The molecule has 0 aliphatic heterocycles. The number of hydrogen-bond acceptors (Lipinski definition) is 5. The van der Waals surface area contributed by atoms with Crippen LogP contribution >= 0.6 is 0 Å². The van der Waals surface area contributed by atoms with Crippen LogP contribution in [0.5, 0.6) is 0 Å². The summed E-state index contributed by atoms with van der Waals surface area (Å²) in [6.07, 6.45) is 0.156. The molecule has 27 heavy (non-hydrogen) atoms. The molecule has 0 bridgehead atoms. The lowest BCUT2D eigenvalue weighted by Crippen LogP contribution is -2.26. The van der Waals surface area contributed by atoms with Gasteiger partial charge in [0.25, 0.3) is 0 Å². The average Bonchev–Trinajstić information content (AvgIpc) is 3.27. The van der Waals surface area contributed by atoms with Crippen LogP contribution in [-0.2, 0) is 12.7 Å². The highest BCUT2D eigenvalue weighted by atomic mass is 19.4. The number of likely N-dealkylation sites (N-methyl/N-ethyl adjacent to an activating group) is 1. The third-order valence-corrected chi connectivity index (χ3v) is 4.31. The molecule has 3 rings (SSSR count). The Labute approximate surface area is 154 Å². The van der Waals surface area contributed by atoms with Crippen molar-refractivity contribution >= 4 is 23.2 Å². The topological polar surface area (TPSA) is 60.0 Å². The molecule has 1 aromatic carbocycles. The van der Waals surface area contributed by atoms with Gasteiger partial charge in [0.05, 0.1) is 17.4 Å². The zero-order chi connectivity index (χ0) is 19.4. The first-order valence-corrected chi connectivity index (χ1v) is 8.67. The van der Waals surface area contributed by atoms with E-state index in [1.165, 1.54) is 6.08 Å². The molecule has 0 aliphatic rings. The van der Waals surface area contributed by atoms with Crippen molar-refractivity contribution in [3.8, 4) is 0 Å². The molecule has 0 atom stereocenters. The van der Waals surface area contributed by atoms with Gasteiger partial charge >= 0.3 is 12.1 Å². The first kappa shape index (κ1) is 19.1. The van der Waals surface area contributed by atoms with E-state index in [-0.39, 0.29) is 5.82 Å². The lowest BCUT2D eigenvalue weighted by atomic mass is 10.2. The Morgan fingerprint density at radius 2 is 1.96 bits per heavy atom. The average molecular weight is 379 g/mol. The maximum Gasteiger partial charge on any atom is 0.471 e. The van der Waals surface area contributed by atoms with Crippen LogP contribution in [0.15, 0.2) is 29.0 Å². The minimum absolute atomic E-state index is 0.132. The molecule has 0 saturated carbocycles. The standard InChI is InChI=1S/C18H20F3N5O/c1-3-25(4-2)9-10-26-12-22-14-11-13(5-7-15(14)26)6-8-16-23-17(27-24-16)18(19,20)21/h5-8,11-12H,3-4,9-10H2,1-2H3/b8-6+. The van der Waals surface area contributed by atoms with Crippen molar-refractivity contribution in [2.45, 2.75) is 26.6 Å². The second-order valence-electron chi connectivity index (χ2n) is 6.00. The summed E-state index contributed by atoms with van der Waals surface area (Å²) in [4.78, 5) is 10.1. The van der Waals surface area contributed by atoms with Gasteiger partial charge < -0.3 is 14.0 Å². The minimum atomic E-state index is -4.64. The van der Waals surface area contributed by atoms with Crippen molar-refractivity contribution in [3.05, 3.63) is 41.8 Å². The lowest BCUT2D eigenvalue weighted by molar-refractivity contribution is -0.159. The summed E-state index contributed by atoms with van der Waals surface area (Å²) in [5, 5.41) is 3.30. The Bertz CT molecular complexity index is 925. The summed E-state index contributed by atoms with van der Waals surface area (Å²) >= 11 is 0. The van der Waals surface area contributed by atoms with E-state index in [1.807, 2.05) is 18.2 Å². The third-order valence-electron chi connectivity index (χ3n) is 4.31. The quantitative estimate of drug-likeness (QED) is 0.622. The van der Waals surface area contributed by atoms with Gasteiger partial charge in [-0.2, -0.15) is 18.2 Å². The van der Waals surface area contributed by atoms with Crippen LogP contribution in [0.25, 0.3) is 23.2 Å². The van der Waals surface area contributed by atoms with Crippen LogP contribution in [0, 0.1) is 0 Å². The van der Waals surface area contributed by atoms with Gasteiger partial charge in [-0.3, -0.25) is 0 Å². The van der Waals surface area contributed by atoms with Gasteiger partial charge in [0.2, 0.25) is 0 Å². The highest BCUT2D eigenvalue weighted by Crippen LogP contribution is 2.27. The molecule has 144 valence electrons. The summed E-state index contributed by atoms with van der Waals surface area (Å²) < 4.78 is 43.7. The molecule has 0 N–H and O–H groups in total. The maximum atomic E-state index is 12.5. The van der Waals surface area contributed by atoms with Crippen molar-refractivity contribution < 1.29 is 17.7 Å². The molecular formula is C18H20F3N5O. The van der Waals surface area contributed by atoms with Crippen LogP contribution in [0.3, 0.4) is 0 Å². The summed E-state index contributed by atoms with van der Waals surface area (Å²) in [6.45, 7) is 8.06. The van der Waals surface area contributed by atoms with Crippen molar-refractivity contribution in [2.24, 2.45) is 0 Å². The van der Waals surface area contributed by atoms with Crippen molar-refractivity contribution in [1.29, 1.82) is 0 Å². The third kappa shape index (κ3) is 4.54. The maximum absolute atomic E-state index is 12.5. The number of imidazole rings is 1. The number of alkyl halides is 3. The van der Waals surface area contributed by atoms with E-state index >= 15 is 0 Å². The molecule has 2 aromatic heterocycles. The van der Waals surface area contributed by atoms with E-state index < -0.39 is 12.1 Å². The summed E-state index contributed by atoms with van der Waals surface area (Å²) in [7, 11) is 0. The zero-order valence-electron chi connectivity index (χ0n) is 15.1. The number of nitrogens with zero attached hydrogens (tertiary/aromatic N) is 5. The molecular weight excluding hydrogens is 359 g/mol. The number of fused-ring (bicyclic) bond motifs is 1. The molecule has 6 nitrogen and oxygen atoms in total. The van der Waals surface area contributed by atoms with Crippen LogP contribution in [-0.4, -0.2) is 44.2 Å². The monoisotopic (exact) mass is 379 g/mol. The van der Waals surface area contributed by atoms with Gasteiger partial charge in [0.1, 0.15) is 0 Å². The van der Waals surface area contributed by atoms with Crippen molar-refractivity contribution in [1.82, 2.24) is 24.6 Å². The smallest absolute Gasteiger partial charge is 0.329 e. The highest BCUT2D eigenvalue weighted by Gasteiger charge is 2.38. The molecule has 0 radical (unpaired) electrons. The van der Waals surface area contributed by atoms with E-state index in [0.717, 1.165) is 42.8 Å². The fourth-order valence-electron chi connectivity index (χ4n) is 2.74. The fraction of sp³-hybridized carbons (Fsp3) is 0.389. The Morgan fingerprint density at radius 3 is 2.63 bits per heavy atom. The van der Waals surface area contributed by atoms with Crippen LogP contribution < -0.4 is 0 Å². The molecule has 3 aromatic rings. The molecule has 0 spiro atoms. The van der Waals surface area contributed by atoms with E-state index in [2.05, 4.69) is 43.0 Å². The SMILES string of the molecule is CCN(CC)CCn1cnc2cc(/C=C/c3noc(C(F)(F)F)n3)ccc21. The molecule has 0 unspecified atom stereocenters. The van der Waals surface area contributed by atoms with E-state index in [4.69, 9.17) is 0 Å². The van der Waals surface area contributed by atoms with Gasteiger partial charge in [-0.25, -0.2) is 4.98 Å². The first-order valence-electron chi connectivity index (χ1n) is 8.67. The summed E-state index contributed by atoms with van der Waals surface area (Å²) in [5.74, 6) is -1.49. The van der Waals surface area contributed by atoms with Gasteiger partial charge in [-0.15, -0.1) is 0 Å². The van der Waals surface area contributed by atoms with E-state index in [9.17, 15) is 13.2 Å². The Kier molecular flexibility index (Phi) is 5.59. The molecule has 0 saturated heterocycles. The minimum Gasteiger partial charge on any atom is -0.329 e. The highest BCUT2D eigenvalue weighted by molar-refractivity contribution is 5.80. The summed E-state index contributed by atoms with van der Waals surface area (Å²) in [5.41, 5.74) is 2.62. The Balaban J connectivity index is 1.73. The van der Waals surface area contributed by atoms with Gasteiger partial charge in [-0.05, 0) is 36.9 Å². The predicted molar refractivity (Wildman–Crippen MR) is 95.7 cm³/mol. The Hall–Kier alpha value is -2.68. The van der Waals surface area contributed by atoms with Gasteiger partial charge in [0, 0.05) is 13.1 Å². The van der Waals surface area contributed by atoms with Crippen LogP contribution in [0.2, 0.25) is 0 Å². The van der Waals surface area contributed by atoms with E-state index in [0.29, 0.717) is 0 Å².